The van der Waals surface area contributed by atoms with E-state index in [0.717, 1.165) is 6.42 Å². The van der Waals surface area contributed by atoms with E-state index in [1.807, 2.05) is 0 Å². The summed E-state index contributed by atoms with van der Waals surface area (Å²) in [6, 6.07) is 6.18. The van der Waals surface area contributed by atoms with E-state index in [0.29, 0.717) is 24.3 Å². The summed E-state index contributed by atoms with van der Waals surface area (Å²) in [6.45, 7) is 7.24. The lowest BCUT2D eigenvalue weighted by Gasteiger charge is -2.18. The molecule has 0 amide bonds. The summed E-state index contributed by atoms with van der Waals surface area (Å²) in [5.74, 6) is 0.975. The lowest BCUT2D eigenvalue weighted by Crippen LogP contribution is -2.36. The molecular weight excluding hydrogens is 257 g/mol. The number of rotatable bonds is 9. The molecule has 2 unspecified atom stereocenters. The van der Waals surface area contributed by atoms with Gasteiger partial charge in [-0.15, -0.1) is 0 Å². The third kappa shape index (κ3) is 7.46. The Morgan fingerprint density at radius 2 is 1.80 bits per heavy atom. The molecule has 0 spiro atoms. The maximum atomic E-state index is 12.7. The molecule has 3 nitrogen and oxygen atoms in total. The highest BCUT2D eigenvalue weighted by molar-refractivity contribution is 5.22. The number of halogens is 1. The highest BCUT2D eigenvalue weighted by atomic mass is 19.1. The number of hydrogen-bond donors (Lipinski definition) is 2. The maximum Gasteiger partial charge on any atom is 0.123 e. The molecule has 0 radical (unpaired) electrons. The predicted molar refractivity (Wildman–Crippen MR) is 79.4 cm³/mol. The molecule has 1 aromatic carbocycles. The van der Waals surface area contributed by atoms with Crippen LogP contribution in [0.15, 0.2) is 24.3 Å². The first kappa shape index (κ1) is 16.9. The van der Waals surface area contributed by atoms with Crippen LogP contribution in [-0.2, 0) is 0 Å². The summed E-state index contributed by atoms with van der Waals surface area (Å²) in [5.41, 5.74) is 0. The first-order valence-corrected chi connectivity index (χ1v) is 7.27. The first-order chi connectivity index (χ1) is 9.47. The van der Waals surface area contributed by atoms with Crippen molar-refractivity contribution in [3.8, 4) is 5.75 Å². The van der Waals surface area contributed by atoms with Crippen LogP contribution in [0.25, 0.3) is 0 Å². The zero-order chi connectivity index (χ0) is 15.0. The third-order valence-electron chi connectivity index (χ3n) is 3.13. The minimum atomic E-state index is -0.568. The SMILES string of the molecule is CC(C)CCC(C)NCC(O)COc1ccc(F)cc1. The van der Waals surface area contributed by atoms with Crippen molar-refractivity contribution in [2.24, 2.45) is 5.92 Å². The molecule has 2 atom stereocenters. The Morgan fingerprint density at radius 1 is 1.15 bits per heavy atom. The molecule has 0 heterocycles. The van der Waals surface area contributed by atoms with Gasteiger partial charge in [0.1, 0.15) is 24.3 Å². The molecule has 1 rings (SSSR count). The van der Waals surface area contributed by atoms with Crippen LogP contribution in [0, 0.1) is 11.7 Å². The van der Waals surface area contributed by atoms with E-state index in [1.165, 1.54) is 18.6 Å². The lowest BCUT2D eigenvalue weighted by atomic mass is 10.0. The van der Waals surface area contributed by atoms with Crippen molar-refractivity contribution in [2.45, 2.75) is 45.8 Å². The van der Waals surface area contributed by atoms with Gasteiger partial charge in [0.05, 0.1) is 0 Å². The fraction of sp³-hybridized carbons (Fsp3) is 0.625. The summed E-state index contributed by atoms with van der Waals surface area (Å²) in [4.78, 5) is 0. The summed E-state index contributed by atoms with van der Waals surface area (Å²) in [7, 11) is 0. The Labute approximate surface area is 121 Å². The maximum absolute atomic E-state index is 12.7. The molecule has 0 aliphatic carbocycles. The van der Waals surface area contributed by atoms with Gasteiger partial charge in [-0.05, 0) is 49.9 Å². The summed E-state index contributed by atoms with van der Waals surface area (Å²) in [5, 5.41) is 13.1. The van der Waals surface area contributed by atoms with Gasteiger partial charge in [-0.25, -0.2) is 4.39 Å². The van der Waals surface area contributed by atoms with Gasteiger partial charge in [0.15, 0.2) is 0 Å². The standard InChI is InChI=1S/C16H26FNO2/c1-12(2)4-5-13(3)18-10-15(19)11-20-16-8-6-14(17)7-9-16/h6-9,12-13,15,18-19H,4-5,10-11H2,1-3H3. The molecule has 1 aromatic rings. The highest BCUT2D eigenvalue weighted by Crippen LogP contribution is 2.11. The van der Waals surface area contributed by atoms with Crippen LogP contribution in [0.4, 0.5) is 4.39 Å². The highest BCUT2D eigenvalue weighted by Gasteiger charge is 2.08. The monoisotopic (exact) mass is 283 g/mol. The number of nitrogens with one attached hydrogen (secondary N) is 1. The zero-order valence-corrected chi connectivity index (χ0v) is 12.6. The molecule has 0 saturated heterocycles. The number of aliphatic hydroxyl groups is 1. The molecule has 0 aliphatic heterocycles. The quantitative estimate of drug-likeness (QED) is 0.732. The zero-order valence-electron chi connectivity index (χ0n) is 12.6. The van der Waals surface area contributed by atoms with E-state index < -0.39 is 6.10 Å². The molecule has 0 fully saturated rings. The molecule has 0 aliphatic rings. The Balaban J connectivity index is 2.16. The van der Waals surface area contributed by atoms with Crippen LogP contribution in [0.5, 0.6) is 5.75 Å². The number of ether oxygens (including phenoxy) is 1. The fourth-order valence-electron chi connectivity index (χ4n) is 1.80. The van der Waals surface area contributed by atoms with Gasteiger partial charge < -0.3 is 15.2 Å². The smallest absolute Gasteiger partial charge is 0.123 e. The van der Waals surface area contributed by atoms with Gasteiger partial charge in [0, 0.05) is 12.6 Å². The van der Waals surface area contributed by atoms with E-state index in [9.17, 15) is 9.50 Å². The summed E-state index contributed by atoms with van der Waals surface area (Å²) < 4.78 is 18.1. The van der Waals surface area contributed by atoms with Crippen molar-refractivity contribution in [3.63, 3.8) is 0 Å². The predicted octanol–water partition coefficient (Wildman–Crippen LogP) is 2.98. The molecule has 0 aromatic heterocycles. The average Bonchev–Trinajstić information content (AvgIpc) is 2.42. The molecule has 20 heavy (non-hydrogen) atoms. The van der Waals surface area contributed by atoms with Crippen LogP contribution >= 0.6 is 0 Å². The molecule has 114 valence electrons. The fourth-order valence-corrected chi connectivity index (χ4v) is 1.80. The Kier molecular flexibility index (Phi) is 7.55. The van der Waals surface area contributed by atoms with Gasteiger partial charge >= 0.3 is 0 Å². The lowest BCUT2D eigenvalue weighted by molar-refractivity contribution is 0.103. The van der Waals surface area contributed by atoms with Gasteiger partial charge in [-0.2, -0.15) is 0 Å². The minimum absolute atomic E-state index is 0.204. The van der Waals surface area contributed by atoms with Crippen LogP contribution in [0.3, 0.4) is 0 Å². The topological polar surface area (TPSA) is 41.5 Å². The molecular formula is C16H26FNO2. The summed E-state index contributed by atoms with van der Waals surface area (Å²) in [6.07, 6.45) is 1.71. The second-order valence-electron chi connectivity index (χ2n) is 5.70. The van der Waals surface area contributed by atoms with E-state index in [-0.39, 0.29) is 12.4 Å². The van der Waals surface area contributed by atoms with E-state index in [4.69, 9.17) is 4.74 Å². The second kappa shape index (κ2) is 8.93. The van der Waals surface area contributed by atoms with Crippen molar-refractivity contribution >= 4 is 0 Å². The van der Waals surface area contributed by atoms with Crippen LogP contribution in [0.1, 0.15) is 33.6 Å². The second-order valence-corrected chi connectivity index (χ2v) is 5.70. The van der Waals surface area contributed by atoms with Gasteiger partial charge in [-0.1, -0.05) is 13.8 Å². The van der Waals surface area contributed by atoms with E-state index in [2.05, 4.69) is 26.1 Å². The van der Waals surface area contributed by atoms with Gasteiger partial charge in [-0.3, -0.25) is 0 Å². The number of hydrogen-bond acceptors (Lipinski definition) is 3. The normalized spacial score (nSPS) is 14.3. The van der Waals surface area contributed by atoms with Gasteiger partial charge in [0.25, 0.3) is 0 Å². The minimum Gasteiger partial charge on any atom is -0.491 e. The van der Waals surface area contributed by atoms with Gasteiger partial charge in [0.2, 0.25) is 0 Å². The third-order valence-corrected chi connectivity index (χ3v) is 3.13. The molecule has 0 saturated carbocycles. The molecule has 4 heteroatoms. The van der Waals surface area contributed by atoms with Crippen molar-refractivity contribution in [1.82, 2.24) is 5.32 Å². The Hall–Kier alpha value is -1.13. The van der Waals surface area contributed by atoms with Crippen molar-refractivity contribution < 1.29 is 14.2 Å². The molecule has 0 bridgehead atoms. The average molecular weight is 283 g/mol. The largest absolute Gasteiger partial charge is 0.491 e. The van der Waals surface area contributed by atoms with E-state index >= 15 is 0 Å². The van der Waals surface area contributed by atoms with Crippen molar-refractivity contribution in [1.29, 1.82) is 0 Å². The van der Waals surface area contributed by atoms with Crippen molar-refractivity contribution in [3.05, 3.63) is 30.1 Å². The van der Waals surface area contributed by atoms with Crippen LogP contribution in [0.2, 0.25) is 0 Å². The Bertz CT molecular complexity index is 367. The first-order valence-electron chi connectivity index (χ1n) is 7.27. The number of aliphatic hydroxyl groups excluding tert-OH is 1. The summed E-state index contributed by atoms with van der Waals surface area (Å²) >= 11 is 0. The van der Waals surface area contributed by atoms with E-state index in [1.54, 1.807) is 12.1 Å². The van der Waals surface area contributed by atoms with Crippen molar-refractivity contribution in [2.75, 3.05) is 13.2 Å². The number of benzene rings is 1. The van der Waals surface area contributed by atoms with Crippen LogP contribution in [-0.4, -0.2) is 30.4 Å². The van der Waals surface area contributed by atoms with Crippen LogP contribution < -0.4 is 10.1 Å². The Morgan fingerprint density at radius 3 is 2.40 bits per heavy atom. The molecule has 2 N–H and O–H groups in total.